The molecule has 7 nitrogen and oxygen atoms in total. The molecule has 0 saturated carbocycles. The molecular formula is C20H33N3O4Si. The number of benzene rings is 1. The summed E-state index contributed by atoms with van der Waals surface area (Å²) in [7, 11) is -0.617. The monoisotopic (exact) mass is 407 g/mol. The number of ether oxygens (including phenoxy) is 2. The molecule has 1 unspecified atom stereocenters. The van der Waals surface area contributed by atoms with Crippen LogP contribution < -0.4 is 4.74 Å². The van der Waals surface area contributed by atoms with Crippen LogP contribution in [0.1, 0.15) is 40.2 Å². The first-order valence-electron chi connectivity index (χ1n) is 9.43. The number of Topliss-reactive ketones (excluding diaryl/α,β-unsaturated/α-hetero) is 1. The van der Waals surface area contributed by atoms with Crippen LogP contribution in [0.2, 0.25) is 18.1 Å². The van der Waals surface area contributed by atoms with Crippen LogP contribution in [-0.2, 0) is 20.6 Å². The highest BCUT2D eigenvalue weighted by Gasteiger charge is 2.43. The number of ketones is 1. The van der Waals surface area contributed by atoms with Crippen LogP contribution in [0.5, 0.6) is 5.75 Å². The Labute approximate surface area is 169 Å². The minimum atomic E-state index is -2.24. The molecule has 0 aromatic heterocycles. The van der Waals surface area contributed by atoms with Crippen molar-refractivity contribution in [3.05, 3.63) is 40.3 Å². The Kier molecular flexibility index (Phi) is 8.69. The molecular weight excluding hydrogens is 374 g/mol. The third kappa shape index (κ3) is 6.63. The first-order chi connectivity index (χ1) is 12.9. The van der Waals surface area contributed by atoms with Crippen LogP contribution >= 0.6 is 0 Å². The van der Waals surface area contributed by atoms with Crippen molar-refractivity contribution in [1.29, 1.82) is 0 Å². The Morgan fingerprint density at radius 1 is 1.21 bits per heavy atom. The number of hydrogen-bond donors (Lipinski definition) is 0. The molecule has 0 radical (unpaired) electrons. The van der Waals surface area contributed by atoms with Crippen molar-refractivity contribution in [2.24, 2.45) is 5.11 Å². The van der Waals surface area contributed by atoms with E-state index in [1.54, 1.807) is 14.0 Å². The molecule has 1 aromatic rings. The zero-order valence-corrected chi connectivity index (χ0v) is 19.2. The highest BCUT2D eigenvalue weighted by molar-refractivity contribution is 6.74. The van der Waals surface area contributed by atoms with Crippen molar-refractivity contribution in [2.75, 3.05) is 7.11 Å². The van der Waals surface area contributed by atoms with Crippen molar-refractivity contribution >= 4 is 14.1 Å². The normalized spacial score (nSPS) is 15.3. The molecule has 0 amide bonds. The summed E-state index contributed by atoms with van der Waals surface area (Å²) in [5, 5.41) is 3.49. The Morgan fingerprint density at radius 3 is 2.25 bits per heavy atom. The Balaban J connectivity index is 2.98. The van der Waals surface area contributed by atoms with Crippen LogP contribution in [0.3, 0.4) is 0 Å². The Morgan fingerprint density at radius 2 is 1.79 bits per heavy atom. The fourth-order valence-corrected chi connectivity index (χ4v) is 3.58. The van der Waals surface area contributed by atoms with Gasteiger partial charge in [0.15, 0.2) is 14.1 Å². The van der Waals surface area contributed by atoms with Crippen molar-refractivity contribution in [2.45, 2.75) is 77.6 Å². The van der Waals surface area contributed by atoms with Gasteiger partial charge >= 0.3 is 0 Å². The van der Waals surface area contributed by atoms with E-state index in [2.05, 4.69) is 43.9 Å². The average molecular weight is 408 g/mol. The second kappa shape index (κ2) is 10.1. The predicted octanol–water partition coefficient (Wildman–Crippen LogP) is 5.26. The molecule has 0 aliphatic carbocycles. The second-order valence-corrected chi connectivity index (χ2v) is 13.2. The molecule has 8 heteroatoms. The number of azide groups is 1. The van der Waals surface area contributed by atoms with Gasteiger partial charge in [0.05, 0.1) is 25.9 Å². The van der Waals surface area contributed by atoms with E-state index in [0.29, 0.717) is 6.61 Å². The third-order valence-corrected chi connectivity index (χ3v) is 9.70. The molecule has 0 saturated heterocycles. The summed E-state index contributed by atoms with van der Waals surface area (Å²) in [4.78, 5) is 15.7. The number of rotatable bonds is 10. The van der Waals surface area contributed by atoms with Gasteiger partial charge < -0.3 is 13.9 Å². The van der Waals surface area contributed by atoms with Crippen LogP contribution in [0.15, 0.2) is 29.4 Å². The molecule has 1 aromatic carbocycles. The van der Waals surface area contributed by atoms with Crippen LogP contribution in [0, 0.1) is 0 Å². The maximum absolute atomic E-state index is 12.9. The third-order valence-electron chi connectivity index (χ3n) is 5.24. The maximum atomic E-state index is 12.9. The van der Waals surface area contributed by atoms with E-state index in [1.807, 2.05) is 31.2 Å². The van der Waals surface area contributed by atoms with Gasteiger partial charge in [-0.3, -0.25) is 4.79 Å². The van der Waals surface area contributed by atoms with E-state index < -0.39 is 26.6 Å². The fourth-order valence-electron chi connectivity index (χ4n) is 2.29. The van der Waals surface area contributed by atoms with Crippen molar-refractivity contribution < 1.29 is 18.7 Å². The van der Waals surface area contributed by atoms with E-state index in [-0.39, 0.29) is 10.8 Å². The molecule has 0 aliphatic rings. The second-order valence-electron chi connectivity index (χ2n) is 8.45. The summed E-state index contributed by atoms with van der Waals surface area (Å²) in [6.45, 7) is 14.2. The molecule has 0 N–H and O–H groups in total. The largest absolute Gasteiger partial charge is 0.497 e. The van der Waals surface area contributed by atoms with E-state index in [9.17, 15) is 4.79 Å². The number of carbonyl (C=O) groups excluding carboxylic acids is 1. The van der Waals surface area contributed by atoms with Gasteiger partial charge in [-0.1, -0.05) is 38.0 Å². The molecule has 0 fully saturated rings. The summed E-state index contributed by atoms with van der Waals surface area (Å²) >= 11 is 0. The first-order valence-corrected chi connectivity index (χ1v) is 12.3. The standard InChI is InChI=1S/C20H33N3O4Si/c1-14(22-23-21)18(24)19(27-28(7,8)20(3,4)5)15(2)26-13-16-9-11-17(25-6)12-10-16/h9-12,14-15,19H,13H2,1-8H3/t14?,15-,19-/m1/s1. The van der Waals surface area contributed by atoms with Gasteiger partial charge in [0.1, 0.15) is 11.9 Å². The van der Waals surface area contributed by atoms with E-state index in [1.165, 1.54) is 0 Å². The minimum absolute atomic E-state index is 0.0665. The van der Waals surface area contributed by atoms with Crippen LogP contribution in [0.4, 0.5) is 0 Å². The topological polar surface area (TPSA) is 93.5 Å². The lowest BCUT2D eigenvalue weighted by molar-refractivity contribution is -0.135. The number of carbonyl (C=O) groups is 1. The molecule has 0 aliphatic heterocycles. The molecule has 0 bridgehead atoms. The summed E-state index contributed by atoms with van der Waals surface area (Å²) in [6.07, 6.45) is -1.28. The SMILES string of the molecule is COc1ccc(CO[C@H](C)[C@@H](O[Si](C)(C)C(C)(C)C)C(=O)C(C)N=[N+]=[N-])cc1. The van der Waals surface area contributed by atoms with Gasteiger partial charge in [-0.05, 0) is 55.2 Å². The van der Waals surface area contributed by atoms with Crippen molar-refractivity contribution in [1.82, 2.24) is 0 Å². The highest BCUT2D eigenvalue weighted by atomic mass is 28.4. The smallest absolute Gasteiger partial charge is 0.193 e. The summed E-state index contributed by atoms with van der Waals surface area (Å²) < 4.78 is 17.5. The lowest BCUT2D eigenvalue weighted by Crippen LogP contribution is -2.51. The van der Waals surface area contributed by atoms with Gasteiger partial charge in [0, 0.05) is 4.91 Å². The number of hydrogen-bond acceptors (Lipinski definition) is 5. The number of methoxy groups -OCH3 is 1. The van der Waals surface area contributed by atoms with Gasteiger partial charge in [-0.2, -0.15) is 0 Å². The summed E-state index contributed by atoms with van der Waals surface area (Å²) in [6, 6.07) is 6.75. The highest BCUT2D eigenvalue weighted by Crippen LogP contribution is 2.38. The molecule has 28 heavy (non-hydrogen) atoms. The maximum Gasteiger partial charge on any atom is 0.193 e. The molecule has 3 atom stereocenters. The van der Waals surface area contributed by atoms with Gasteiger partial charge in [0.25, 0.3) is 0 Å². The first kappa shape index (κ1) is 24.2. The van der Waals surface area contributed by atoms with E-state index in [0.717, 1.165) is 11.3 Å². The summed E-state index contributed by atoms with van der Waals surface area (Å²) in [5.74, 6) is 0.513. The fraction of sp³-hybridized carbons (Fsp3) is 0.650. The van der Waals surface area contributed by atoms with Gasteiger partial charge in [-0.15, -0.1) is 0 Å². The van der Waals surface area contributed by atoms with Gasteiger partial charge in [-0.25, -0.2) is 0 Å². The van der Waals surface area contributed by atoms with Gasteiger partial charge in [0.2, 0.25) is 0 Å². The Bertz CT molecular complexity index is 694. The zero-order chi connectivity index (χ0) is 21.5. The van der Waals surface area contributed by atoms with Crippen molar-refractivity contribution in [3.63, 3.8) is 0 Å². The molecule has 156 valence electrons. The van der Waals surface area contributed by atoms with Crippen LogP contribution in [0.25, 0.3) is 10.4 Å². The van der Waals surface area contributed by atoms with E-state index in [4.69, 9.17) is 19.4 Å². The lowest BCUT2D eigenvalue weighted by Gasteiger charge is -2.40. The molecule has 1 rings (SSSR count). The predicted molar refractivity (Wildman–Crippen MR) is 113 cm³/mol. The quantitative estimate of drug-likeness (QED) is 0.229. The van der Waals surface area contributed by atoms with Crippen LogP contribution in [-0.4, -0.2) is 39.5 Å². The van der Waals surface area contributed by atoms with Crippen molar-refractivity contribution in [3.8, 4) is 5.75 Å². The average Bonchev–Trinajstić information content (AvgIpc) is 2.63. The zero-order valence-electron chi connectivity index (χ0n) is 18.2. The van der Waals surface area contributed by atoms with E-state index >= 15 is 0 Å². The number of nitrogens with zero attached hydrogens (tertiary/aromatic N) is 3. The lowest BCUT2D eigenvalue weighted by atomic mass is 10.1. The Hall–Kier alpha value is -1.86. The molecule has 0 spiro atoms. The minimum Gasteiger partial charge on any atom is -0.497 e. The summed E-state index contributed by atoms with van der Waals surface area (Å²) in [5.41, 5.74) is 9.66. The molecule has 0 heterocycles.